The highest BCUT2D eigenvalue weighted by Gasteiger charge is 2.27. The first kappa shape index (κ1) is 14.8. The summed E-state index contributed by atoms with van der Waals surface area (Å²) in [6, 6.07) is 5.99. The van der Waals surface area contributed by atoms with E-state index >= 15 is 0 Å². The highest BCUT2D eigenvalue weighted by molar-refractivity contribution is 14.1. The molecular formula is C15H21IN2O. The van der Waals surface area contributed by atoms with Gasteiger partial charge >= 0.3 is 0 Å². The molecular weight excluding hydrogens is 351 g/mol. The number of halogens is 1. The summed E-state index contributed by atoms with van der Waals surface area (Å²) in [6.45, 7) is 7.14. The van der Waals surface area contributed by atoms with E-state index in [1.54, 1.807) is 0 Å². The third-order valence-corrected chi connectivity index (χ3v) is 4.79. The maximum absolute atomic E-state index is 12.3. The van der Waals surface area contributed by atoms with Gasteiger partial charge in [0.25, 0.3) is 5.91 Å². The van der Waals surface area contributed by atoms with E-state index in [2.05, 4.69) is 40.1 Å². The fourth-order valence-corrected chi connectivity index (χ4v) is 2.99. The van der Waals surface area contributed by atoms with E-state index in [1.165, 1.54) is 0 Å². The van der Waals surface area contributed by atoms with Gasteiger partial charge in [-0.25, -0.2) is 0 Å². The Kier molecular flexibility index (Phi) is 4.84. The van der Waals surface area contributed by atoms with Crippen LogP contribution in [0.25, 0.3) is 0 Å². The number of amides is 1. The number of rotatable bonds is 3. The number of carbonyl (C=O) groups is 1. The summed E-state index contributed by atoms with van der Waals surface area (Å²) in [5, 5.41) is 6.47. The summed E-state index contributed by atoms with van der Waals surface area (Å²) in [7, 11) is 0. The standard InChI is InChI=1S/C15H21IN2O/c1-11-3-4-13(16)12(9-11)14(19)18-10-15(2)5-7-17-8-6-15/h3-4,9,17H,5-8,10H2,1-2H3,(H,18,19). The van der Waals surface area contributed by atoms with Gasteiger partial charge in [0.2, 0.25) is 0 Å². The number of nitrogens with one attached hydrogen (secondary N) is 2. The Bertz CT molecular complexity index is 467. The molecule has 1 aliphatic heterocycles. The van der Waals surface area contributed by atoms with E-state index in [0.29, 0.717) is 0 Å². The summed E-state index contributed by atoms with van der Waals surface area (Å²) in [4.78, 5) is 12.3. The normalized spacial score (nSPS) is 18.1. The summed E-state index contributed by atoms with van der Waals surface area (Å²) in [6.07, 6.45) is 2.25. The van der Waals surface area contributed by atoms with Crippen molar-refractivity contribution in [3.8, 4) is 0 Å². The number of hydrogen-bond acceptors (Lipinski definition) is 2. The van der Waals surface area contributed by atoms with Crippen molar-refractivity contribution in [2.75, 3.05) is 19.6 Å². The maximum atomic E-state index is 12.3. The molecule has 4 heteroatoms. The SMILES string of the molecule is Cc1ccc(I)c(C(=O)NCC2(C)CCNCC2)c1. The van der Waals surface area contributed by atoms with Gasteiger partial charge in [0.1, 0.15) is 0 Å². The zero-order valence-electron chi connectivity index (χ0n) is 11.6. The maximum Gasteiger partial charge on any atom is 0.252 e. The van der Waals surface area contributed by atoms with E-state index in [1.807, 2.05) is 25.1 Å². The highest BCUT2D eigenvalue weighted by atomic mass is 127. The molecule has 1 aliphatic rings. The average molecular weight is 372 g/mol. The Morgan fingerprint density at radius 2 is 2.11 bits per heavy atom. The van der Waals surface area contributed by atoms with Crippen molar-refractivity contribution in [2.45, 2.75) is 26.7 Å². The second-order valence-corrected chi connectivity index (χ2v) is 6.89. The molecule has 0 spiro atoms. The molecule has 0 atom stereocenters. The first-order chi connectivity index (χ1) is 9.00. The quantitative estimate of drug-likeness (QED) is 0.802. The molecule has 2 N–H and O–H groups in total. The van der Waals surface area contributed by atoms with Gasteiger partial charge < -0.3 is 10.6 Å². The lowest BCUT2D eigenvalue weighted by atomic mass is 9.81. The summed E-state index contributed by atoms with van der Waals surface area (Å²) >= 11 is 2.22. The Labute approximate surface area is 128 Å². The van der Waals surface area contributed by atoms with Crippen molar-refractivity contribution in [1.29, 1.82) is 0 Å². The highest BCUT2D eigenvalue weighted by Crippen LogP contribution is 2.27. The van der Waals surface area contributed by atoms with Gasteiger partial charge in [-0.05, 0) is 73.0 Å². The third-order valence-electron chi connectivity index (χ3n) is 3.85. The van der Waals surface area contributed by atoms with Crippen molar-refractivity contribution in [1.82, 2.24) is 10.6 Å². The second kappa shape index (κ2) is 6.22. The van der Waals surface area contributed by atoms with Gasteiger partial charge in [0.05, 0.1) is 5.56 Å². The van der Waals surface area contributed by atoms with Gasteiger partial charge in [-0.15, -0.1) is 0 Å². The van der Waals surface area contributed by atoms with Crippen LogP contribution in [0.5, 0.6) is 0 Å². The molecule has 1 saturated heterocycles. The zero-order chi connectivity index (χ0) is 13.9. The molecule has 1 aromatic carbocycles. The van der Waals surface area contributed by atoms with E-state index in [9.17, 15) is 4.79 Å². The summed E-state index contributed by atoms with van der Waals surface area (Å²) in [5.74, 6) is 0.0489. The van der Waals surface area contributed by atoms with Crippen LogP contribution in [0, 0.1) is 15.9 Å². The van der Waals surface area contributed by atoms with E-state index in [-0.39, 0.29) is 11.3 Å². The molecule has 1 fully saturated rings. The number of piperidine rings is 1. The van der Waals surface area contributed by atoms with Crippen LogP contribution < -0.4 is 10.6 Å². The van der Waals surface area contributed by atoms with Crippen LogP contribution in [0.1, 0.15) is 35.7 Å². The van der Waals surface area contributed by atoms with E-state index in [4.69, 9.17) is 0 Å². The molecule has 0 aromatic heterocycles. The molecule has 1 aromatic rings. The monoisotopic (exact) mass is 372 g/mol. The van der Waals surface area contributed by atoms with Crippen molar-refractivity contribution >= 4 is 28.5 Å². The third kappa shape index (κ3) is 3.92. The van der Waals surface area contributed by atoms with Crippen LogP contribution in [-0.2, 0) is 0 Å². The van der Waals surface area contributed by atoms with Crippen LogP contribution in [0.4, 0.5) is 0 Å². The van der Waals surface area contributed by atoms with Crippen LogP contribution in [-0.4, -0.2) is 25.5 Å². The minimum Gasteiger partial charge on any atom is -0.351 e. The molecule has 1 amide bonds. The topological polar surface area (TPSA) is 41.1 Å². The number of benzene rings is 1. The van der Waals surface area contributed by atoms with Crippen LogP contribution >= 0.6 is 22.6 Å². The lowest BCUT2D eigenvalue weighted by Crippen LogP contribution is -2.43. The Morgan fingerprint density at radius 3 is 2.79 bits per heavy atom. The van der Waals surface area contributed by atoms with Gasteiger partial charge in [-0.2, -0.15) is 0 Å². The van der Waals surface area contributed by atoms with Crippen LogP contribution in [0.2, 0.25) is 0 Å². The average Bonchev–Trinajstić information content (AvgIpc) is 2.40. The fourth-order valence-electron chi connectivity index (χ4n) is 2.41. The molecule has 0 radical (unpaired) electrons. The molecule has 0 saturated carbocycles. The summed E-state index contributed by atoms with van der Waals surface area (Å²) in [5.41, 5.74) is 2.15. The molecule has 0 aliphatic carbocycles. The van der Waals surface area contributed by atoms with Crippen molar-refractivity contribution in [3.05, 3.63) is 32.9 Å². The van der Waals surface area contributed by atoms with Crippen molar-refractivity contribution < 1.29 is 4.79 Å². The fraction of sp³-hybridized carbons (Fsp3) is 0.533. The Hall–Kier alpha value is -0.620. The largest absolute Gasteiger partial charge is 0.351 e. The zero-order valence-corrected chi connectivity index (χ0v) is 13.7. The summed E-state index contributed by atoms with van der Waals surface area (Å²) < 4.78 is 1.01. The van der Waals surface area contributed by atoms with Gasteiger partial charge in [-0.3, -0.25) is 4.79 Å². The van der Waals surface area contributed by atoms with Crippen molar-refractivity contribution in [3.63, 3.8) is 0 Å². The predicted molar refractivity (Wildman–Crippen MR) is 86.4 cm³/mol. The number of hydrogen-bond donors (Lipinski definition) is 2. The first-order valence-electron chi connectivity index (χ1n) is 6.75. The van der Waals surface area contributed by atoms with Crippen LogP contribution in [0.3, 0.4) is 0 Å². The molecule has 1 heterocycles. The minimum atomic E-state index is 0.0489. The number of carbonyl (C=O) groups excluding carboxylic acids is 1. The van der Waals surface area contributed by atoms with Gasteiger partial charge in [-0.1, -0.05) is 18.6 Å². The second-order valence-electron chi connectivity index (χ2n) is 5.73. The molecule has 19 heavy (non-hydrogen) atoms. The smallest absolute Gasteiger partial charge is 0.252 e. The lowest BCUT2D eigenvalue weighted by Gasteiger charge is -2.34. The lowest BCUT2D eigenvalue weighted by molar-refractivity contribution is 0.0921. The van der Waals surface area contributed by atoms with Gasteiger partial charge in [0, 0.05) is 10.1 Å². The molecule has 2 rings (SSSR count). The first-order valence-corrected chi connectivity index (χ1v) is 7.83. The van der Waals surface area contributed by atoms with Crippen LogP contribution in [0.15, 0.2) is 18.2 Å². The Morgan fingerprint density at radius 1 is 1.42 bits per heavy atom. The Balaban J connectivity index is 1.99. The number of aryl methyl sites for hydroxylation is 1. The molecule has 104 valence electrons. The van der Waals surface area contributed by atoms with Gasteiger partial charge in [0.15, 0.2) is 0 Å². The predicted octanol–water partition coefficient (Wildman–Crippen LogP) is 2.72. The molecule has 0 unspecified atom stereocenters. The van der Waals surface area contributed by atoms with E-state index in [0.717, 1.165) is 47.2 Å². The molecule has 3 nitrogen and oxygen atoms in total. The van der Waals surface area contributed by atoms with E-state index < -0.39 is 0 Å². The molecule has 0 bridgehead atoms. The minimum absolute atomic E-state index is 0.0489. The van der Waals surface area contributed by atoms with Crippen molar-refractivity contribution in [2.24, 2.45) is 5.41 Å².